The highest BCUT2D eigenvalue weighted by atomic mass is 16.2. The minimum absolute atomic E-state index is 0.00543. The number of likely N-dealkylation sites (tertiary alicyclic amines) is 1. The van der Waals surface area contributed by atoms with Crippen LogP contribution in [-0.4, -0.2) is 50.7 Å². The van der Waals surface area contributed by atoms with Gasteiger partial charge in [-0.05, 0) is 45.7 Å². The third kappa shape index (κ3) is 4.03. The van der Waals surface area contributed by atoms with E-state index in [1.807, 2.05) is 49.9 Å². The van der Waals surface area contributed by atoms with Crippen molar-refractivity contribution in [2.75, 3.05) is 24.5 Å². The molecule has 4 rings (SSSR count). The molecule has 0 spiro atoms. The standard InChI is InChI=1S/C23H31N5O3/c1-15(2)28-21(24-25(4)23(28)31)17-6-5-11-26(13-17)22(30)18-12-20(29)27(14-18)19-9-7-16(3)8-10-19/h7-10,15,17-18H,5-6,11-14H2,1-4H3. The zero-order chi connectivity index (χ0) is 22.3. The average molecular weight is 426 g/mol. The number of carbonyl (C=O) groups is 2. The molecule has 0 radical (unpaired) electrons. The molecule has 2 saturated heterocycles. The van der Waals surface area contributed by atoms with Gasteiger partial charge in [0.15, 0.2) is 0 Å². The quantitative estimate of drug-likeness (QED) is 0.752. The molecule has 2 aromatic rings. The van der Waals surface area contributed by atoms with Crippen molar-refractivity contribution in [3.8, 4) is 0 Å². The van der Waals surface area contributed by atoms with Gasteiger partial charge in [0.1, 0.15) is 5.82 Å². The Morgan fingerprint density at radius 1 is 1.13 bits per heavy atom. The van der Waals surface area contributed by atoms with Crippen molar-refractivity contribution in [2.45, 2.75) is 52.0 Å². The van der Waals surface area contributed by atoms with Gasteiger partial charge in [-0.25, -0.2) is 9.48 Å². The van der Waals surface area contributed by atoms with Crippen molar-refractivity contribution >= 4 is 17.5 Å². The molecular formula is C23H31N5O3. The Morgan fingerprint density at radius 2 is 1.84 bits per heavy atom. The van der Waals surface area contributed by atoms with Crippen LogP contribution in [0.25, 0.3) is 0 Å². The highest BCUT2D eigenvalue weighted by Crippen LogP contribution is 2.30. The highest BCUT2D eigenvalue weighted by molar-refractivity contribution is 6.00. The van der Waals surface area contributed by atoms with Gasteiger partial charge >= 0.3 is 5.69 Å². The van der Waals surface area contributed by atoms with E-state index in [0.717, 1.165) is 29.9 Å². The molecule has 0 N–H and O–H groups in total. The topological polar surface area (TPSA) is 80.4 Å². The predicted octanol–water partition coefficient (Wildman–Crippen LogP) is 2.23. The van der Waals surface area contributed by atoms with Crippen LogP contribution in [0.3, 0.4) is 0 Å². The molecule has 0 saturated carbocycles. The van der Waals surface area contributed by atoms with Crippen LogP contribution in [0, 0.1) is 12.8 Å². The summed E-state index contributed by atoms with van der Waals surface area (Å²) < 4.78 is 3.11. The van der Waals surface area contributed by atoms with Gasteiger partial charge in [-0.15, -0.1) is 0 Å². The summed E-state index contributed by atoms with van der Waals surface area (Å²) in [5.74, 6) is 0.475. The zero-order valence-electron chi connectivity index (χ0n) is 18.7. The molecule has 1 aromatic carbocycles. The maximum Gasteiger partial charge on any atom is 0.345 e. The summed E-state index contributed by atoms with van der Waals surface area (Å²) in [6.45, 7) is 7.60. The summed E-state index contributed by atoms with van der Waals surface area (Å²) >= 11 is 0. The van der Waals surface area contributed by atoms with Crippen LogP contribution in [0.15, 0.2) is 29.1 Å². The summed E-state index contributed by atoms with van der Waals surface area (Å²) in [7, 11) is 1.67. The van der Waals surface area contributed by atoms with Crippen molar-refractivity contribution < 1.29 is 9.59 Å². The molecule has 0 bridgehead atoms. The first-order valence-corrected chi connectivity index (χ1v) is 11.1. The Bertz CT molecular complexity index is 1040. The van der Waals surface area contributed by atoms with E-state index in [9.17, 15) is 14.4 Å². The maximum atomic E-state index is 13.3. The molecule has 2 amide bonds. The molecule has 2 fully saturated rings. The van der Waals surface area contributed by atoms with Crippen molar-refractivity contribution in [3.63, 3.8) is 0 Å². The lowest BCUT2D eigenvalue weighted by Gasteiger charge is -2.34. The summed E-state index contributed by atoms with van der Waals surface area (Å²) in [5, 5.41) is 4.48. The summed E-state index contributed by atoms with van der Waals surface area (Å²) in [6.07, 6.45) is 2.00. The van der Waals surface area contributed by atoms with Gasteiger partial charge in [-0.2, -0.15) is 5.10 Å². The number of benzene rings is 1. The minimum Gasteiger partial charge on any atom is -0.342 e. The van der Waals surface area contributed by atoms with Gasteiger partial charge in [0, 0.05) is 50.7 Å². The summed E-state index contributed by atoms with van der Waals surface area (Å²) in [5.41, 5.74) is 1.86. The number of hydrogen-bond acceptors (Lipinski definition) is 4. The number of nitrogens with zero attached hydrogens (tertiary/aromatic N) is 5. The molecule has 1 aromatic heterocycles. The lowest BCUT2D eigenvalue weighted by molar-refractivity contribution is -0.137. The van der Waals surface area contributed by atoms with Crippen LogP contribution < -0.4 is 10.6 Å². The normalized spacial score (nSPS) is 21.9. The van der Waals surface area contributed by atoms with Crippen molar-refractivity contribution in [1.29, 1.82) is 0 Å². The van der Waals surface area contributed by atoms with Crippen LogP contribution in [0.2, 0.25) is 0 Å². The predicted molar refractivity (Wildman–Crippen MR) is 118 cm³/mol. The molecule has 8 nitrogen and oxygen atoms in total. The van der Waals surface area contributed by atoms with E-state index in [2.05, 4.69) is 5.10 Å². The van der Waals surface area contributed by atoms with Crippen LogP contribution in [0.4, 0.5) is 5.69 Å². The second kappa shape index (κ2) is 8.32. The molecule has 3 heterocycles. The number of hydrogen-bond donors (Lipinski definition) is 0. The van der Waals surface area contributed by atoms with E-state index in [1.54, 1.807) is 16.5 Å². The van der Waals surface area contributed by atoms with Crippen LogP contribution in [-0.2, 0) is 16.6 Å². The lowest BCUT2D eigenvalue weighted by Crippen LogP contribution is -2.43. The number of piperidine rings is 1. The van der Waals surface area contributed by atoms with Crippen molar-refractivity contribution in [1.82, 2.24) is 19.2 Å². The van der Waals surface area contributed by atoms with E-state index in [0.29, 0.717) is 19.6 Å². The zero-order valence-corrected chi connectivity index (χ0v) is 18.7. The second-order valence-corrected chi connectivity index (χ2v) is 9.09. The van der Waals surface area contributed by atoms with Gasteiger partial charge in [0.2, 0.25) is 11.8 Å². The fourth-order valence-electron chi connectivity index (χ4n) is 4.76. The Kier molecular flexibility index (Phi) is 5.73. The number of aryl methyl sites for hydroxylation is 2. The lowest BCUT2D eigenvalue weighted by atomic mass is 9.95. The number of carbonyl (C=O) groups excluding carboxylic acids is 2. The van der Waals surface area contributed by atoms with E-state index in [1.165, 1.54) is 4.68 Å². The van der Waals surface area contributed by atoms with E-state index >= 15 is 0 Å². The fraction of sp³-hybridized carbons (Fsp3) is 0.565. The van der Waals surface area contributed by atoms with Crippen LogP contribution in [0.5, 0.6) is 0 Å². The Balaban J connectivity index is 1.49. The number of rotatable bonds is 4. The summed E-state index contributed by atoms with van der Waals surface area (Å²) in [4.78, 5) is 42.0. The summed E-state index contributed by atoms with van der Waals surface area (Å²) in [6, 6.07) is 7.84. The Hall–Kier alpha value is -2.90. The number of anilines is 1. The Labute approximate surface area is 182 Å². The van der Waals surface area contributed by atoms with Gasteiger partial charge in [-0.1, -0.05) is 17.7 Å². The number of aromatic nitrogens is 3. The molecule has 166 valence electrons. The minimum atomic E-state index is -0.330. The molecule has 2 aliphatic heterocycles. The average Bonchev–Trinajstić information content (AvgIpc) is 3.28. The van der Waals surface area contributed by atoms with Crippen LogP contribution >= 0.6 is 0 Å². The van der Waals surface area contributed by atoms with Crippen LogP contribution in [0.1, 0.15) is 56.5 Å². The van der Waals surface area contributed by atoms with Gasteiger partial charge in [-0.3, -0.25) is 14.2 Å². The Morgan fingerprint density at radius 3 is 2.52 bits per heavy atom. The largest absolute Gasteiger partial charge is 0.345 e. The van der Waals surface area contributed by atoms with Crippen molar-refractivity contribution in [3.05, 3.63) is 46.1 Å². The monoisotopic (exact) mass is 425 g/mol. The number of amides is 2. The molecule has 8 heteroatoms. The van der Waals surface area contributed by atoms with Gasteiger partial charge in [0.05, 0.1) is 5.92 Å². The van der Waals surface area contributed by atoms with E-state index in [4.69, 9.17) is 0 Å². The third-order valence-electron chi connectivity index (χ3n) is 6.42. The third-order valence-corrected chi connectivity index (χ3v) is 6.42. The molecular weight excluding hydrogens is 394 g/mol. The molecule has 2 aliphatic rings. The first kappa shape index (κ1) is 21.3. The molecule has 31 heavy (non-hydrogen) atoms. The maximum absolute atomic E-state index is 13.3. The van der Waals surface area contributed by atoms with Gasteiger partial charge in [0.25, 0.3) is 0 Å². The van der Waals surface area contributed by atoms with Crippen molar-refractivity contribution in [2.24, 2.45) is 13.0 Å². The van der Waals surface area contributed by atoms with Gasteiger partial charge < -0.3 is 9.80 Å². The fourth-order valence-corrected chi connectivity index (χ4v) is 4.76. The second-order valence-electron chi connectivity index (χ2n) is 9.09. The van der Waals surface area contributed by atoms with E-state index < -0.39 is 0 Å². The first-order chi connectivity index (χ1) is 14.8. The SMILES string of the molecule is Cc1ccc(N2CC(C(=O)N3CCCC(c4nn(C)c(=O)n4C(C)C)C3)CC2=O)cc1. The molecule has 2 unspecified atom stereocenters. The smallest absolute Gasteiger partial charge is 0.342 e. The molecule has 0 aliphatic carbocycles. The molecule has 2 atom stereocenters. The highest BCUT2D eigenvalue weighted by Gasteiger charge is 2.39. The van der Waals surface area contributed by atoms with E-state index in [-0.39, 0.29) is 41.8 Å². The first-order valence-electron chi connectivity index (χ1n) is 11.1.